The van der Waals surface area contributed by atoms with E-state index in [0.717, 1.165) is 49.8 Å². The van der Waals surface area contributed by atoms with Crippen LogP contribution in [0.4, 0.5) is 4.39 Å². The molecule has 0 saturated carbocycles. The molecule has 0 amide bonds. The zero-order valence-corrected chi connectivity index (χ0v) is 17.2. The third kappa shape index (κ3) is 3.40. The topological polar surface area (TPSA) is 63.0 Å². The van der Waals surface area contributed by atoms with Crippen molar-refractivity contribution in [1.29, 1.82) is 0 Å². The second-order valence-corrected chi connectivity index (χ2v) is 8.21. The summed E-state index contributed by atoms with van der Waals surface area (Å²) in [6.45, 7) is 2.82. The Balaban J connectivity index is 1.72. The fraction of sp³-hybridized carbons (Fsp3) is 0.304. The number of phenols is 1. The number of rotatable bonds is 4. The third-order valence-corrected chi connectivity index (χ3v) is 6.22. The van der Waals surface area contributed by atoms with E-state index in [2.05, 4.69) is 14.9 Å². The van der Waals surface area contributed by atoms with E-state index >= 15 is 0 Å². The Morgan fingerprint density at radius 2 is 1.93 bits per heavy atom. The molecule has 4 aromatic rings. The highest BCUT2D eigenvalue weighted by Crippen LogP contribution is 2.37. The first kappa shape index (κ1) is 19.3. The summed E-state index contributed by atoms with van der Waals surface area (Å²) in [5.74, 6) is 1.09. The van der Waals surface area contributed by atoms with Gasteiger partial charge in [-0.05, 0) is 62.5 Å². The van der Waals surface area contributed by atoms with Gasteiger partial charge in [-0.25, -0.2) is 14.4 Å². The van der Waals surface area contributed by atoms with E-state index in [-0.39, 0.29) is 16.7 Å². The van der Waals surface area contributed by atoms with Crippen LogP contribution >= 0.6 is 11.6 Å². The predicted octanol–water partition coefficient (Wildman–Crippen LogP) is 5.14. The molecule has 0 aliphatic carbocycles. The number of aryl methyl sites for hydroxylation is 1. The van der Waals surface area contributed by atoms with Crippen molar-refractivity contribution in [3.8, 4) is 17.1 Å². The molecule has 2 N–H and O–H groups in total. The summed E-state index contributed by atoms with van der Waals surface area (Å²) in [5.41, 5.74) is 2.54. The monoisotopic (exact) mass is 424 g/mol. The third-order valence-electron chi connectivity index (χ3n) is 5.96. The Kier molecular flexibility index (Phi) is 5.05. The van der Waals surface area contributed by atoms with E-state index in [9.17, 15) is 9.50 Å². The van der Waals surface area contributed by atoms with Crippen molar-refractivity contribution in [3.63, 3.8) is 0 Å². The standard InChI is InChI=1S/C23H22ClFN4O/c24-22-20-21(16-6-5-15(25)13-18(16)27-22)29(12-9-14-7-10-26-11-8-14)23(28-20)17-3-1-2-4-19(17)30/h1-6,13-14,26,30H,7-12H2. The number of benzene rings is 2. The maximum Gasteiger partial charge on any atom is 0.157 e. The lowest BCUT2D eigenvalue weighted by molar-refractivity contribution is 0.340. The van der Waals surface area contributed by atoms with Gasteiger partial charge >= 0.3 is 0 Å². The molecule has 5 rings (SSSR count). The molecule has 7 heteroatoms. The second-order valence-electron chi connectivity index (χ2n) is 7.85. The first-order valence-electron chi connectivity index (χ1n) is 10.3. The van der Waals surface area contributed by atoms with Crippen molar-refractivity contribution >= 4 is 33.5 Å². The fourth-order valence-electron chi connectivity index (χ4n) is 4.39. The highest BCUT2D eigenvalue weighted by atomic mass is 35.5. The summed E-state index contributed by atoms with van der Waals surface area (Å²) in [6, 6.07) is 11.7. The highest BCUT2D eigenvalue weighted by molar-refractivity contribution is 6.35. The normalized spacial score (nSPS) is 15.3. The van der Waals surface area contributed by atoms with Crippen LogP contribution in [-0.4, -0.2) is 32.7 Å². The van der Waals surface area contributed by atoms with E-state index in [1.54, 1.807) is 18.2 Å². The molecule has 0 bridgehead atoms. The van der Waals surface area contributed by atoms with Gasteiger partial charge in [0, 0.05) is 18.0 Å². The summed E-state index contributed by atoms with van der Waals surface area (Å²) in [7, 11) is 0. The van der Waals surface area contributed by atoms with E-state index in [1.165, 1.54) is 12.1 Å². The number of nitrogens with one attached hydrogen (secondary N) is 1. The zero-order valence-electron chi connectivity index (χ0n) is 16.4. The Morgan fingerprint density at radius 1 is 1.13 bits per heavy atom. The van der Waals surface area contributed by atoms with Gasteiger partial charge in [-0.15, -0.1) is 0 Å². The second kappa shape index (κ2) is 7.85. The summed E-state index contributed by atoms with van der Waals surface area (Å²) in [6.07, 6.45) is 3.29. The Bertz CT molecular complexity index is 1230. The number of aromatic nitrogens is 3. The highest BCUT2D eigenvalue weighted by Gasteiger charge is 2.22. The summed E-state index contributed by atoms with van der Waals surface area (Å²) >= 11 is 6.47. The molecule has 0 radical (unpaired) electrons. The van der Waals surface area contributed by atoms with Crippen molar-refractivity contribution in [2.75, 3.05) is 13.1 Å². The smallest absolute Gasteiger partial charge is 0.157 e. The molecular weight excluding hydrogens is 403 g/mol. The van der Waals surface area contributed by atoms with Crippen LogP contribution in [0.2, 0.25) is 5.15 Å². The maximum atomic E-state index is 13.8. The molecule has 1 saturated heterocycles. The zero-order chi connectivity index (χ0) is 20.7. The predicted molar refractivity (Wildman–Crippen MR) is 117 cm³/mol. The summed E-state index contributed by atoms with van der Waals surface area (Å²) < 4.78 is 15.9. The average Bonchev–Trinajstić information content (AvgIpc) is 3.13. The minimum atomic E-state index is -0.355. The van der Waals surface area contributed by atoms with Crippen molar-refractivity contribution < 1.29 is 9.50 Å². The van der Waals surface area contributed by atoms with Crippen LogP contribution in [0.3, 0.4) is 0 Å². The molecule has 3 heterocycles. The number of hydrogen-bond donors (Lipinski definition) is 2. The molecule has 5 nitrogen and oxygen atoms in total. The molecule has 1 fully saturated rings. The van der Waals surface area contributed by atoms with Crippen LogP contribution in [0.15, 0.2) is 42.5 Å². The van der Waals surface area contributed by atoms with Crippen LogP contribution in [0.5, 0.6) is 5.75 Å². The van der Waals surface area contributed by atoms with Gasteiger partial charge in [-0.1, -0.05) is 23.7 Å². The van der Waals surface area contributed by atoms with Crippen LogP contribution < -0.4 is 5.32 Å². The molecule has 2 aromatic carbocycles. The lowest BCUT2D eigenvalue weighted by Gasteiger charge is -2.23. The van der Waals surface area contributed by atoms with Gasteiger partial charge in [0.05, 0.1) is 16.6 Å². The lowest BCUT2D eigenvalue weighted by atomic mass is 9.94. The molecule has 0 spiro atoms. The van der Waals surface area contributed by atoms with Gasteiger partial charge in [-0.2, -0.15) is 0 Å². The fourth-order valence-corrected chi connectivity index (χ4v) is 4.62. The van der Waals surface area contributed by atoms with Crippen LogP contribution in [0.25, 0.3) is 33.3 Å². The molecule has 0 unspecified atom stereocenters. The molecule has 154 valence electrons. The number of piperidine rings is 1. The van der Waals surface area contributed by atoms with Crippen LogP contribution in [0, 0.1) is 11.7 Å². The van der Waals surface area contributed by atoms with Crippen molar-refractivity contribution in [1.82, 2.24) is 19.9 Å². The maximum absolute atomic E-state index is 13.8. The molecule has 30 heavy (non-hydrogen) atoms. The van der Waals surface area contributed by atoms with Crippen molar-refractivity contribution in [2.24, 2.45) is 5.92 Å². The number of hydrogen-bond acceptors (Lipinski definition) is 4. The summed E-state index contributed by atoms with van der Waals surface area (Å²) in [4.78, 5) is 9.15. The molecule has 0 atom stereocenters. The van der Waals surface area contributed by atoms with Crippen molar-refractivity contribution in [3.05, 3.63) is 53.4 Å². The largest absolute Gasteiger partial charge is 0.507 e. The van der Waals surface area contributed by atoms with Gasteiger partial charge < -0.3 is 15.0 Å². The molecule has 1 aliphatic heterocycles. The number of fused-ring (bicyclic) bond motifs is 3. The van der Waals surface area contributed by atoms with E-state index in [0.29, 0.717) is 28.3 Å². The minimum absolute atomic E-state index is 0.162. The minimum Gasteiger partial charge on any atom is -0.507 e. The van der Waals surface area contributed by atoms with Gasteiger partial charge in [0.15, 0.2) is 5.15 Å². The first-order valence-corrected chi connectivity index (χ1v) is 10.6. The van der Waals surface area contributed by atoms with Gasteiger partial charge in [0.25, 0.3) is 0 Å². The Morgan fingerprint density at radius 3 is 2.73 bits per heavy atom. The number of nitrogens with zero attached hydrogens (tertiary/aromatic N) is 3. The van der Waals surface area contributed by atoms with E-state index in [4.69, 9.17) is 16.6 Å². The van der Waals surface area contributed by atoms with Crippen LogP contribution in [0.1, 0.15) is 19.3 Å². The number of para-hydroxylation sites is 1. The average molecular weight is 425 g/mol. The molecule has 2 aromatic heterocycles. The Labute approximate surface area is 178 Å². The number of aromatic hydroxyl groups is 1. The van der Waals surface area contributed by atoms with Gasteiger partial charge in [0.1, 0.15) is 22.9 Å². The molecular formula is C23H22ClFN4O. The van der Waals surface area contributed by atoms with Crippen LogP contribution in [-0.2, 0) is 6.54 Å². The number of imidazole rings is 1. The summed E-state index contributed by atoms with van der Waals surface area (Å²) in [5, 5.41) is 14.9. The lowest BCUT2D eigenvalue weighted by Crippen LogP contribution is -2.28. The quantitative estimate of drug-likeness (QED) is 0.445. The molecule has 1 aliphatic rings. The number of halogens is 2. The van der Waals surface area contributed by atoms with E-state index in [1.807, 2.05) is 12.1 Å². The van der Waals surface area contributed by atoms with Crippen molar-refractivity contribution in [2.45, 2.75) is 25.8 Å². The van der Waals surface area contributed by atoms with E-state index < -0.39 is 0 Å². The number of pyridine rings is 1. The van der Waals surface area contributed by atoms with Gasteiger partial charge in [0.2, 0.25) is 0 Å². The van der Waals surface area contributed by atoms with Gasteiger partial charge in [-0.3, -0.25) is 0 Å². The number of phenolic OH excluding ortho intramolecular Hbond substituents is 1. The Hall–Kier alpha value is -2.70. The SMILES string of the molecule is Oc1ccccc1-c1nc2c(Cl)nc3cc(F)ccc3c2n1CCC1CCNCC1. The first-order chi connectivity index (χ1) is 14.6.